The molecule has 3 aromatic rings. The molecule has 124 valence electrons. The smallest absolute Gasteiger partial charge is 0.338 e. The number of aldehydes is 1. The van der Waals surface area contributed by atoms with Crippen LogP contribution in [-0.2, 0) is 11.3 Å². The lowest BCUT2D eigenvalue weighted by Crippen LogP contribution is -2.06. The fraction of sp³-hybridized carbons (Fsp3) is 0.0500. The number of hydrogen-bond donors (Lipinski definition) is 0. The van der Waals surface area contributed by atoms with Crippen LogP contribution in [0.1, 0.15) is 26.3 Å². The summed E-state index contributed by atoms with van der Waals surface area (Å²) in [6, 6.07) is 17.2. The van der Waals surface area contributed by atoms with E-state index in [-0.39, 0.29) is 6.61 Å². The van der Waals surface area contributed by atoms with E-state index in [1.165, 1.54) is 0 Å². The summed E-state index contributed by atoms with van der Waals surface area (Å²) >= 11 is 0. The van der Waals surface area contributed by atoms with Gasteiger partial charge < -0.3 is 9.47 Å². The number of carbonyl (C=O) groups excluding carboxylic acids is 2. The minimum absolute atomic E-state index is 0.0741. The second kappa shape index (κ2) is 7.88. The summed E-state index contributed by atoms with van der Waals surface area (Å²) < 4.78 is 11.1. The first kappa shape index (κ1) is 16.4. The molecule has 0 saturated heterocycles. The summed E-state index contributed by atoms with van der Waals surface area (Å²) in [5.41, 5.74) is 1.63. The molecule has 1 aromatic heterocycles. The zero-order valence-electron chi connectivity index (χ0n) is 13.3. The van der Waals surface area contributed by atoms with Crippen molar-refractivity contribution in [1.29, 1.82) is 0 Å². The molecule has 0 fully saturated rings. The minimum Gasteiger partial charge on any atom is -0.457 e. The first-order chi connectivity index (χ1) is 12.3. The number of esters is 1. The first-order valence-corrected chi connectivity index (χ1v) is 7.64. The molecule has 5 heteroatoms. The Kier molecular flexibility index (Phi) is 5.16. The third-order valence-corrected chi connectivity index (χ3v) is 3.48. The van der Waals surface area contributed by atoms with Gasteiger partial charge >= 0.3 is 5.97 Å². The fourth-order valence-corrected chi connectivity index (χ4v) is 2.18. The molecule has 3 rings (SSSR count). The summed E-state index contributed by atoms with van der Waals surface area (Å²) in [5, 5.41) is 0. The van der Waals surface area contributed by atoms with Gasteiger partial charge in [0.1, 0.15) is 24.4 Å². The molecule has 0 aliphatic heterocycles. The van der Waals surface area contributed by atoms with Crippen LogP contribution in [0.15, 0.2) is 73.1 Å². The Morgan fingerprint density at radius 1 is 1.00 bits per heavy atom. The number of ether oxygens (including phenoxy) is 2. The van der Waals surface area contributed by atoms with Crippen LogP contribution in [0.25, 0.3) is 0 Å². The van der Waals surface area contributed by atoms with Crippen molar-refractivity contribution in [3.05, 3.63) is 89.7 Å². The minimum atomic E-state index is -0.464. The van der Waals surface area contributed by atoms with Crippen molar-refractivity contribution >= 4 is 12.3 Å². The van der Waals surface area contributed by atoms with E-state index in [1.807, 2.05) is 18.2 Å². The Balaban J connectivity index is 1.68. The zero-order chi connectivity index (χ0) is 17.5. The third-order valence-electron chi connectivity index (χ3n) is 3.48. The topological polar surface area (TPSA) is 65.5 Å². The van der Waals surface area contributed by atoms with E-state index < -0.39 is 5.97 Å². The van der Waals surface area contributed by atoms with Gasteiger partial charge in [-0.15, -0.1) is 0 Å². The van der Waals surface area contributed by atoms with Crippen molar-refractivity contribution in [3.8, 4) is 11.5 Å². The molecule has 1 heterocycles. The van der Waals surface area contributed by atoms with Crippen molar-refractivity contribution in [2.75, 3.05) is 0 Å². The Morgan fingerprint density at radius 3 is 2.52 bits per heavy atom. The van der Waals surface area contributed by atoms with Gasteiger partial charge in [0.25, 0.3) is 0 Å². The maximum Gasteiger partial charge on any atom is 0.338 e. The molecule has 5 nitrogen and oxygen atoms in total. The molecule has 25 heavy (non-hydrogen) atoms. The quantitative estimate of drug-likeness (QED) is 0.503. The molecule has 0 atom stereocenters. The second-order valence-electron chi connectivity index (χ2n) is 5.21. The number of nitrogens with zero attached hydrogens (tertiary/aromatic N) is 1. The molecule has 2 aromatic carbocycles. The van der Waals surface area contributed by atoms with E-state index in [9.17, 15) is 9.59 Å². The van der Waals surface area contributed by atoms with Crippen LogP contribution in [0.4, 0.5) is 0 Å². The summed E-state index contributed by atoms with van der Waals surface area (Å²) in [6.45, 7) is 0.0741. The molecule has 0 radical (unpaired) electrons. The largest absolute Gasteiger partial charge is 0.457 e. The van der Waals surface area contributed by atoms with Crippen LogP contribution >= 0.6 is 0 Å². The van der Waals surface area contributed by atoms with Crippen molar-refractivity contribution in [3.63, 3.8) is 0 Å². The normalized spacial score (nSPS) is 10.1. The highest BCUT2D eigenvalue weighted by atomic mass is 16.5. The van der Waals surface area contributed by atoms with Crippen LogP contribution in [0.5, 0.6) is 11.5 Å². The average molecular weight is 333 g/mol. The van der Waals surface area contributed by atoms with Gasteiger partial charge in [-0.25, -0.2) is 4.79 Å². The fourth-order valence-electron chi connectivity index (χ4n) is 2.18. The van der Waals surface area contributed by atoms with E-state index in [2.05, 4.69) is 4.98 Å². The molecule has 0 saturated carbocycles. The maximum atomic E-state index is 12.1. The molecular weight excluding hydrogens is 318 g/mol. The summed E-state index contributed by atoms with van der Waals surface area (Å²) in [6.07, 6.45) is 3.99. The zero-order valence-corrected chi connectivity index (χ0v) is 13.3. The summed E-state index contributed by atoms with van der Waals surface area (Å²) in [4.78, 5) is 26.8. The number of benzene rings is 2. The molecule has 0 amide bonds. The van der Waals surface area contributed by atoms with Gasteiger partial charge in [-0.3, -0.25) is 9.78 Å². The highest BCUT2D eigenvalue weighted by Gasteiger charge is 2.10. The highest BCUT2D eigenvalue weighted by Crippen LogP contribution is 2.25. The van der Waals surface area contributed by atoms with Crippen LogP contribution in [0.3, 0.4) is 0 Å². The van der Waals surface area contributed by atoms with Gasteiger partial charge in [0.2, 0.25) is 0 Å². The van der Waals surface area contributed by atoms with Gasteiger partial charge in [-0.1, -0.05) is 30.3 Å². The van der Waals surface area contributed by atoms with E-state index in [1.54, 1.807) is 54.9 Å². The Hall–Kier alpha value is -3.47. The van der Waals surface area contributed by atoms with Gasteiger partial charge in [0.15, 0.2) is 0 Å². The number of pyridine rings is 1. The van der Waals surface area contributed by atoms with E-state index in [4.69, 9.17) is 9.47 Å². The summed E-state index contributed by atoms with van der Waals surface area (Å²) in [5.74, 6) is 0.735. The summed E-state index contributed by atoms with van der Waals surface area (Å²) in [7, 11) is 0. The predicted molar refractivity (Wildman–Crippen MR) is 91.7 cm³/mol. The standard InChI is InChI=1S/C20H15NO4/c22-13-15-7-9-16(10-8-15)20(23)24-14-17-4-1-2-6-19(17)25-18-5-3-11-21-12-18/h1-13H,14H2. The number of carbonyl (C=O) groups is 2. The van der Waals surface area contributed by atoms with Crippen LogP contribution in [0, 0.1) is 0 Å². The Labute approximate surface area is 144 Å². The molecule has 0 N–H and O–H groups in total. The van der Waals surface area contributed by atoms with Crippen LogP contribution < -0.4 is 4.74 Å². The number of hydrogen-bond acceptors (Lipinski definition) is 5. The van der Waals surface area contributed by atoms with Gasteiger partial charge in [0.05, 0.1) is 11.8 Å². The van der Waals surface area contributed by atoms with Gasteiger partial charge in [-0.2, -0.15) is 0 Å². The van der Waals surface area contributed by atoms with Gasteiger partial charge in [-0.05, 0) is 30.3 Å². The van der Waals surface area contributed by atoms with Crippen molar-refractivity contribution in [2.45, 2.75) is 6.61 Å². The van der Waals surface area contributed by atoms with Crippen molar-refractivity contribution in [1.82, 2.24) is 4.98 Å². The lowest BCUT2D eigenvalue weighted by molar-refractivity contribution is 0.0470. The molecular formula is C20H15NO4. The van der Waals surface area contributed by atoms with E-state index in [0.29, 0.717) is 22.6 Å². The molecule has 0 spiro atoms. The third kappa shape index (κ3) is 4.29. The molecule has 0 bridgehead atoms. The monoisotopic (exact) mass is 333 g/mol. The van der Waals surface area contributed by atoms with E-state index >= 15 is 0 Å². The number of rotatable bonds is 6. The van der Waals surface area contributed by atoms with Crippen molar-refractivity contribution < 1.29 is 19.1 Å². The lowest BCUT2D eigenvalue weighted by atomic mass is 10.1. The van der Waals surface area contributed by atoms with Crippen LogP contribution in [0.2, 0.25) is 0 Å². The number of aromatic nitrogens is 1. The second-order valence-corrected chi connectivity index (χ2v) is 5.21. The number of para-hydroxylation sites is 1. The van der Waals surface area contributed by atoms with Crippen molar-refractivity contribution in [2.24, 2.45) is 0 Å². The Morgan fingerprint density at radius 2 is 1.80 bits per heavy atom. The molecule has 0 unspecified atom stereocenters. The SMILES string of the molecule is O=Cc1ccc(C(=O)OCc2ccccc2Oc2cccnc2)cc1. The molecule has 0 aliphatic rings. The highest BCUT2D eigenvalue weighted by molar-refractivity contribution is 5.90. The average Bonchev–Trinajstić information content (AvgIpc) is 2.68. The maximum absolute atomic E-state index is 12.1. The van der Waals surface area contributed by atoms with Crippen LogP contribution in [-0.4, -0.2) is 17.2 Å². The van der Waals surface area contributed by atoms with E-state index in [0.717, 1.165) is 11.8 Å². The first-order valence-electron chi connectivity index (χ1n) is 7.64. The molecule has 0 aliphatic carbocycles. The lowest BCUT2D eigenvalue weighted by Gasteiger charge is -2.11. The van der Waals surface area contributed by atoms with Gasteiger partial charge in [0, 0.05) is 17.3 Å². The Bertz CT molecular complexity index is 860. The predicted octanol–water partition coefficient (Wildman–Crippen LogP) is 4.04.